The highest BCUT2D eigenvalue weighted by Crippen LogP contribution is 2.11. The Morgan fingerprint density at radius 2 is 1.53 bits per heavy atom. The first-order valence-corrected chi connectivity index (χ1v) is 6.73. The normalized spacial score (nSPS) is 11.1. The molecule has 0 aliphatic rings. The van der Waals surface area contributed by atoms with Gasteiger partial charge in [0.25, 0.3) is 0 Å². The minimum atomic E-state index is -0.543. The zero-order chi connectivity index (χ0) is 14.7. The zero-order valence-corrected chi connectivity index (χ0v) is 12.4. The minimum Gasteiger partial charge on any atom is -0.466 e. The van der Waals surface area contributed by atoms with Crippen molar-refractivity contribution in [3.63, 3.8) is 0 Å². The predicted octanol–water partition coefficient (Wildman–Crippen LogP) is 2.12. The Morgan fingerprint density at radius 3 is 1.89 bits per heavy atom. The summed E-state index contributed by atoms with van der Waals surface area (Å²) in [5.41, 5.74) is 0.274. The molecule has 0 aromatic rings. The number of rotatable bonds is 9. The van der Waals surface area contributed by atoms with E-state index in [1.54, 1.807) is 0 Å². The van der Waals surface area contributed by atoms with Crippen molar-refractivity contribution < 1.29 is 19.1 Å². The maximum Gasteiger partial charge on any atom is 0.354 e. The third kappa shape index (κ3) is 6.84. The summed E-state index contributed by atoms with van der Waals surface area (Å²) >= 11 is 0. The van der Waals surface area contributed by atoms with Crippen molar-refractivity contribution in [3.05, 3.63) is 11.8 Å². The second kappa shape index (κ2) is 10.4. The van der Waals surface area contributed by atoms with Crippen molar-refractivity contribution in [2.45, 2.75) is 39.5 Å². The Kier molecular flexibility index (Phi) is 9.57. The summed E-state index contributed by atoms with van der Waals surface area (Å²) in [5.74, 6) is -1.05. The Balaban J connectivity index is 5.04. The molecule has 0 saturated heterocycles. The molecule has 0 radical (unpaired) electrons. The monoisotopic (exact) mass is 271 g/mol. The molecule has 0 atom stereocenters. The van der Waals surface area contributed by atoms with Crippen LogP contribution in [0.1, 0.15) is 39.5 Å². The number of unbranched alkanes of at least 4 members (excludes halogenated alkanes) is 2. The molecule has 0 bridgehead atoms. The molecule has 0 saturated carbocycles. The highest BCUT2D eigenvalue weighted by molar-refractivity contribution is 5.95. The third-order valence-electron chi connectivity index (χ3n) is 2.75. The summed E-state index contributed by atoms with van der Waals surface area (Å²) < 4.78 is 9.33. The summed E-state index contributed by atoms with van der Waals surface area (Å²) in [6.45, 7) is 5.63. The zero-order valence-electron chi connectivity index (χ0n) is 12.4. The maximum atomic E-state index is 11.8. The first-order chi connectivity index (χ1) is 9.10. The van der Waals surface area contributed by atoms with Gasteiger partial charge in [-0.1, -0.05) is 26.7 Å². The van der Waals surface area contributed by atoms with Gasteiger partial charge in [-0.05, 0) is 12.8 Å². The van der Waals surface area contributed by atoms with E-state index in [9.17, 15) is 9.59 Å². The Morgan fingerprint density at radius 1 is 1.00 bits per heavy atom. The molecule has 0 aromatic carbocycles. The maximum absolute atomic E-state index is 11.8. The molecule has 5 nitrogen and oxygen atoms in total. The van der Waals surface area contributed by atoms with Gasteiger partial charge < -0.3 is 14.4 Å². The number of hydrogen-bond donors (Lipinski definition) is 0. The molecule has 0 aromatic heterocycles. The fourth-order valence-electron chi connectivity index (χ4n) is 1.61. The average Bonchev–Trinajstić information content (AvgIpc) is 2.44. The van der Waals surface area contributed by atoms with Crippen LogP contribution in [0.15, 0.2) is 11.8 Å². The number of carbonyl (C=O) groups excluding carboxylic acids is 2. The molecule has 5 heteroatoms. The molecule has 19 heavy (non-hydrogen) atoms. The van der Waals surface area contributed by atoms with Crippen molar-refractivity contribution in [1.82, 2.24) is 4.90 Å². The van der Waals surface area contributed by atoms with Crippen molar-refractivity contribution in [2.24, 2.45) is 0 Å². The average molecular weight is 271 g/mol. The van der Waals surface area contributed by atoms with Crippen LogP contribution in [0.5, 0.6) is 0 Å². The second-order valence-electron chi connectivity index (χ2n) is 4.24. The van der Waals surface area contributed by atoms with Gasteiger partial charge in [-0.2, -0.15) is 0 Å². The van der Waals surface area contributed by atoms with Crippen molar-refractivity contribution in [2.75, 3.05) is 27.3 Å². The molecule has 0 rings (SSSR count). The number of esters is 2. The van der Waals surface area contributed by atoms with Crippen LogP contribution in [-0.2, 0) is 19.1 Å². The van der Waals surface area contributed by atoms with E-state index in [0.717, 1.165) is 38.8 Å². The molecule has 0 N–H and O–H groups in total. The SMILES string of the molecule is CCCCN(CCCC)C(=CC(=O)OC)C(=O)OC. The number of ether oxygens (including phenoxy) is 2. The van der Waals surface area contributed by atoms with Gasteiger partial charge in [-0.3, -0.25) is 0 Å². The van der Waals surface area contributed by atoms with Crippen molar-refractivity contribution in [3.8, 4) is 0 Å². The fraction of sp³-hybridized carbons (Fsp3) is 0.714. The van der Waals surface area contributed by atoms with E-state index in [-0.39, 0.29) is 5.70 Å². The first-order valence-electron chi connectivity index (χ1n) is 6.73. The Labute approximate surface area is 115 Å². The van der Waals surface area contributed by atoms with Crippen LogP contribution in [0.25, 0.3) is 0 Å². The smallest absolute Gasteiger partial charge is 0.354 e. The largest absolute Gasteiger partial charge is 0.466 e. The molecule has 0 aliphatic heterocycles. The topological polar surface area (TPSA) is 55.8 Å². The van der Waals surface area contributed by atoms with Gasteiger partial charge in [0.2, 0.25) is 0 Å². The van der Waals surface area contributed by atoms with Crippen LogP contribution in [0.4, 0.5) is 0 Å². The minimum absolute atomic E-state index is 0.274. The van der Waals surface area contributed by atoms with Crippen molar-refractivity contribution >= 4 is 11.9 Å². The lowest BCUT2D eigenvalue weighted by molar-refractivity contribution is -0.140. The van der Waals surface area contributed by atoms with E-state index in [1.807, 2.05) is 4.90 Å². The predicted molar refractivity (Wildman–Crippen MR) is 73.5 cm³/mol. The molecular weight excluding hydrogens is 246 g/mol. The fourth-order valence-corrected chi connectivity index (χ4v) is 1.61. The van der Waals surface area contributed by atoms with E-state index in [2.05, 4.69) is 18.6 Å². The highest BCUT2D eigenvalue weighted by atomic mass is 16.5. The number of hydrogen-bond acceptors (Lipinski definition) is 5. The molecule has 0 unspecified atom stereocenters. The molecule has 0 amide bonds. The van der Waals surface area contributed by atoms with Crippen LogP contribution in [0.2, 0.25) is 0 Å². The van der Waals surface area contributed by atoms with E-state index in [1.165, 1.54) is 20.3 Å². The third-order valence-corrected chi connectivity index (χ3v) is 2.75. The molecular formula is C14H25NO4. The van der Waals surface area contributed by atoms with Crippen LogP contribution in [0.3, 0.4) is 0 Å². The lowest BCUT2D eigenvalue weighted by atomic mass is 10.2. The molecule has 0 fully saturated rings. The van der Waals surface area contributed by atoms with E-state index < -0.39 is 11.9 Å². The van der Waals surface area contributed by atoms with Gasteiger partial charge in [0, 0.05) is 13.1 Å². The van der Waals surface area contributed by atoms with E-state index in [0.29, 0.717) is 0 Å². The summed E-state index contributed by atoms with van der Waals surface area (Å²) in [5, 5.41) is 0. The summed E-state index contributed by atoms with van der Waals surface area (Å²) in [7, 11) is 2.60. The van der Waals surface area contributed by atoms with Gasteiger partial charge in [0.15, 0.2) is 0 Å². The number of carbonyl (C=O) groups is 2. The summed E-state index contributed by atoms with van der Waals surface area (Å²) in [4.78, 5) is 25.1. The standard InChI is InChI=1S/C14H25NO4/c1-5-7-9-15(10-8-6-2)12(14(17)19-4)11-13(16)18-3/h11H,5-10H2,1-4H3. The molecule has 0 spiro atoms. The van der Waals surface area contributed by atoms with Gasteiger partial charge in [0.05, 0.1) is 20.3 Å². The first kappa shape index (κ1) is 17.5. The molecule has 0 aliphatic carbocycles. The van der Waals surface area contributed by atoms with Crippen LogP contribution in [0, 0.1) is 0 Å². The Hall–Kier alpha value is -1.52. The number of nitrogens with zero attached hydrogens (tertiary/aromatic N) is 1. The quantitative estimate of drug-likeness (QED) is 0.475. The van der Waals surface area contributed by atoms with Crippen LogP contribution < -0.4 is 0 Å². The number of methoxy groups -OCH3 is 2. The van der Waals surface area contributed by atoms with Crippen LogP contribution in [-0.4, -0.2) is 44.1 Å². The van der Waals surface area contributed by atoms with E-state index in [4.69, 9.17) is 4.74 Å². The van der Waals surface area contributed by atoms with Gasteiger partial charge in [0.1, 0.15) is 5.70 Å². The van der Waals surface area contributed by atoms with Gasteiger partial charge in [-0.15, -0.1) is 0 Å². The second-order valence-corrected chi connectivity index (χ2v) is 4.24. The summed E-state index contributed by atoms with van der Waals surface area (Å²) in [6.07, 6.45) is 5.17. The van der Waals surface area contributed by atoms with Crippen LogP contribution >= 0.6 is 0 Å². The summed E-state index contributed by atoms with van der Waals surface area (Å²) in [6, 6.07) is 0. The molecule has 110 valence electrons. The van der Waals surface area contributed by atoms with E-state index >= 15 is 0 Å². The molecule has 0 heterocycles. The van der Waals surface area contributed by atoms with Gasteiger partial charge in [-0.25, -0.2) is 9.59 Å². The Bertz CT molecular complexity index is 305. The lowest BCUT2D eigenvalue weighted by Crippen LogP contribution is -2.31. The lowest BCUT2D eigenvalue weighted by Gasteiger charge is -2.25. The highest BCUT2D eigenvalue weighted by Gasteiger charge is 2.19. The van der Waals surface area contributed by atoms with Crippen molar-refractivity contribution in [1.29, 1.82) is 0 Å². The van der Waals surface area contributed by atoms with Gasteiger partial charge >= 0.3 is 11.9 Å².